The topological polar surface area (TPSA) is 122 Å². The average molecular weight is 410 g/mol. The van der Waals surface area contributed by atoms with Crippen molar-refractivity contribution in [3.63, 3.8) is 0 Å². The van der Waals surface area contributed by atoms with Crippen LogP contribution in [0.1, 0.15) is 29.2 Å². The molecule has 30 heavy (non-hydrogen) atoms. The van der Waals surface area contributed by atoms with E-state index < -0.39 is 34.9 Å². The molecule has 0 radical (unpaired) electrons. The van der Waals surface area contributed by atoms with Crippen LogP contribution in [0.5, 0.6) is 0 Å². The Kier molecular flexibility index (Phi) is 5.30. The predicted octanol–water partition coefficient (Wildman–Crippen LogP) is 2.93. The van der Waals surface area contributed by atoms with Gasteiger partial charge in [-0.25, -0.2) is 4.79 Å². The van der Waals surface area contributed by atoms with E-state index in [9.17, 15) is 24.5 Å². The second-order valence-electron chi connectivity index (χ2n) is 7.57. The van der Waals surface area contributed by atoms with Crippen LogP contribution in [-0.2, 0) is 15.1 Å². The van der Waals surface area contributed by atoms with Gasteiger partial charge >= 0.3 is 6.03 Å². The van der Waals surface area contributed by atoms with Crippen LogP contribution in [0.2, 0.25) is 0 Å². The zero-order valence-corrected chi connectivity index (χ0v) is 17.1. The molecule has 0 aliphatic carbocycles. The van der Waals surface area contributed by atoms with Gasteiger partial charge in [0.05, 0.1) is 4.92 Å². The van der Waals surface area contributed by atoms with E-state index in [0.717, 1.165) is 16.0 Å². The molecular weight excluding hydrogens is 388 g/mol. The monoisotopic (exact) mass is 410 g/mol. The molecule has 156 valence electrons. The number of nitrogens with zero attached hydrogens (tertiary/aromatic N) is 2. The van der Waals surface area contributed by atoms with Crippen LogP contribution in [0.3, 0.4) is 0 Å². The first-order valence-electron chi connectivity index (χ1n) is 9.29. The molecule has 1 aliphatic heterocycles. The Morgan fingerprint density at radius 2 is 1.73 bits per heavy atom. The van der Waals surface area contributed by atoms with Crippen molar-refractivity contribution in [2.24, 2.45) is 0 Å². The van der Waals surface area contributed by atoms with Gasteiger partial charge < -0.3 is 10.6 Å². The zero-order chi connectivity index (χ0) is 22.2. The largest absolute Gasteiger partial charge is 0.325 e. The molecule has 2 N–H and O–H groups in total. The molecule has 0 saturated carbocycles. The standard InChI is InChI=1S/C21H22N4O5/c1-12-5-7-15(8-6-12)21(4)19(27)24(20(28)23-21)11-18(26)22-16-9-13(2)14(3)10-17(16)25(29)30/h5-10H,11H2,1-4H3,(H,22,26)(H,23,28)/t21-/m0/s1. The Morgan fingerprint density at radius 1 is 1.13 bits per heavy atom. The van der Waals surface area contributed by atoms with Gasteiger partial charge in [0.25, 0.3) is 11.6 Å². The van der Waals surface area contributed by atoms with Gasteiger partial charge in [0.15, 0.2) is 0 Å². The van der Waals surface area contributed by atoms with Crippen LogP contribution in [0.25, 0.3) is 0 Å². The van der Waals surface area contributed by atoms with E-state index in [4.69, 9.17) is 0 Å². The van der Waals surface area contributed by atoms with Crippen molar-refractivity contribution in [2.75, 3.05) is 11.9 Å². The van der Waals surface area contributed by atoms with Gasteiger partial charge in [0, 0.05) is 6.07 Å². The van der Waals surface area contributed by atoms with Crippen LogP contribution in [-0.4, -0.2) is 34.2 Å². The number of carbonyl (C=O) groups is 3. The third-order valence-electron chi connectivity index (χ3n) is 5.29. The lowest BCUT2D eigenvalue weighted by Crippen LogP contribution is -2.42. The van der Waals surface area contributed by atoms with Crippen molar-refractivity contribution in [3.8, 4) is 0 Å². The van der Waals surface area contributed by atoms with Crippen molar-refractivity contribution in [3.05, 3.63) is 68.8 Å². The van der Waals surface area contributed by atoms with Crippen LogP contribution in [0.15, 0.2) is 36.4 Å². The maximum absolute atomic E-state index is 12.9. The highest BCUT2D eigenvalue weighted by molar-refractivity contribution is 6.10. The summed E-state index contributed by atoms with van der Waals surface area (Å²) in [6, 6.07) is 9.31. The van der Waals surface area contributed by atoms with E-state index >= 15 is 0 Å². The molecule has 3 rings (SSSR count). The maximum Gasteiger partial charge on any atom is 0.325 e. The molecular formula is C21H22N4O5. The summed E-state index contributed by atoms with van der Waals surface area (Å²) in [4.78, 5) is 49.4. The Morgan fingerprint density at radius 3 is 2.33 bits per heavy atom. The highest BCUT2D eigenvalue weighted by atomic mass is 16.6. The summed E-state index contributed by atoms with van der Waals surface area (Å²) in [5.74, 6) is -1.28. The van der Waals surface area contributed by atoms with Gasteiger partial charge in [-0.1, -0.05) is 29.8 Å². The normalized spacial score (nSPS) is 18.3. The lowest BCUT2D eigenvalue weighted by atomic mass is 9.91. The van der Waals surface area contributed by atoms with Crippen molar-refractivity contribution >= 4 is 29.2 Å². The molecule has 1 aliphatic rings. The fourth-order valence-corrected chi connectivity index (χ4v) is 3.31. The first-order valence-corrected chi connectivity index (χ1v) is 9.29. The van der Waals surface area contributed by atoms with Crippen molar-refractivity contribution in [1.82, 2.24) is 10.2 Å². The minimum absolute atomic E-state index is 0.0152. The van der Waals surface area contributed by atoms with E-state index in [1.165, 1.54) is 12.1 Å². The molecule has 0 spiro atoms. The molecule has 1 atom stereocenters. The number of hydrogen-bond acceptors (Lipinski definition) is 5. The number of nitro benzene ring substituents is 1. The lowest BCUT2D eigenvalue weighted by Gasteiger charge is -2.22. The summed E-state index contributed by atoms with van der Waals surface area (Å²) in [5, 5.41) is 16.4. The van der Waals surface area contributed by atoms with Crippen LogP contribution < -0.4 is 10.6 Å². The van der Waals surface area contributed by atoms with E-state index in [1.54, 1.807) is 32.9 Å². The number of amides is 4. The van der Waals surface area contributed by atoms with Crippen LogP contribution >= 0.6 is 0 Å². The number of rotatable bonds is 5. The Labute approximate surface area is 173 Å². The first kappa shape index (κ1) is 21.0. The molecule has 2 aromatic rings. The second kappa shape index (κ2) is 7.58. The first-order chi connectivity index (χ1) is 14.0. The van der Waals surface area contributed by atoms with Gasteiger partial charge in [-0.05, 0) is 50.5 Å². The summed E-state index contributed by atoms with van der Waals surface area (Å²) >= 11 is 0. The number of hydrogen-bond donors (Lipinski definition) is 2. The maximum atomic E-state index is 12.9. The number of anilines is 1. The molecule has 0 unspecified atom stereocenters. The van der Waals surface area contributed by atoms with Gasteiger partial charge in [-0.3, -0.25) is 24.6 Å². The van der Waals surface area contributed by atoms with Crippen molar-refractivity contribution in [2.45, 2.75) is 33.2 Å². The fraction of sp³-hybridized carbons (Fsp3) is 0.286. The van der Waals surface area contributed by atoms with Gasteiger partial charge in [-0.2, -0.15) is 0 Å². The number of imide groups is 1. The number of benzene rings is 2. The SMILES string of the molecule is Cc1ccc([C@]2(C)NC(=O)N(CC(=O)Nc3cc(C)c(C)cc3[N+](=O)[O-])C2=O)cc1. The molecule has 1 heterocycles. The summed E-state index contributed by atoms with van der Waals surface area (Å²) < 4.78 is 0. The molecule has 1 saturated heterocycles. The third-order valence-corrected chi connectivity index (χ3v) is 5.29. The minimum atomic E-state index is -1.29. The molecule has 0 aromatic heterocycles. The second-order valence-corrected chi connectivity index (χ2v) is 7.57. The predicted molar refractivity (Wildman–Crippen MR) is 110 cm³/mol. The van der Waals surface area contributed by atoms with Gasteiger partial charge in [0.2, 0.25) is 5.91 Å². The summed E-state index contributed by atoms with van der Waals surface area (Å²) in [5.41, 5.74) is 1.54. The van der Waals surface area contributed by atoms with E-state index in [-0.39, 0.29) is 11.4 Å². The van der Waals surface area contributed by atoms with Gasteiger partial charge in [-0.15, -0.1) is 0 Å². The Hall–Kier alpha value is -3.75. The third kappa shape index (κ3) is 3.73. The van der Waals surface area contributed by atoms with Crippen molar-refractivity contribution in [1.29, 1.82) is 0 Å². The number of carbonyl (C=O) groups excluding carboxylic acids is 3. The van der Waals surface area contributed by atoms with E-state index in [0.29, 0.717) is 11.1 Å². The fourth-order valence-electron chi connectivity index (χ4n) is 3.31. The number of nitrogens with one attached hydrogen (secondary N) is 2. The van der Waals surface area contributed by atoms with Gasteiger partial charge in [0.1, 0.15) is 17.8 Å². The lowest BCUT2D eigenvalue weighted by molar-refractivity contribution is -0.384. The van der Waals surface area contributed by atoms with E-state index in [2.05, 4.69) is 10.6 Å². The quantitative estimate of drug-likeness (QED) is 0.446. The summed E-state index contributed by atoms with van der Waals surface area (Å²) in [6.45, 7) is 6.41. The summed E-state index contributed by atoms with van der Waals surface area (Å²) in [7, 11) is 0. The summed E-state index contributed by atoms with van der Waals surface area (Å²) in [6.07, 6.45) is 0. The average Bonchev–Trinajstić information content (AvgIpc) is 2.88. The molecule has 9 heteroatoms. The number of nitro groups is 1. The highest BCUT2D eigenvalue weighted by Gasteiger charge is 2.49. The number of urea groups is 1. The van der Waals surface area contributed by atoms with Crippen LogP contribution in [0.4, 0.5) is 16.2 Å². The molecule has 1 fully saturated rings. The smallest absolute Gasteiger partial charge is 0.319 e. The molecule has 9 nitrogen and oxygen atoms in total. The molecule has 4 amide bonds. The van der Waals surface area contributed by atoms with E-state index in [1.807, 2.05) is 19.1 Å². The number of aryl methyl sites for hydroxylation is 3. The van der Waals surface area contributed by atoms with Crippen molar-refractivity contribution < 1.29 is 19.3 Å². The zero-order valence-electron chi connectivity index (χ0n) is 17.1. The Bertz CT molecular complexity index is 1060. The van der Waals surface area contributed by atoms with Crippen LogP contribution in [0, 0.1) is 30.9 Å². The Balaban J connectivity index is 1.80. The molecule has 0 bridgehead atoms. The molecule has 2 aromatic carbocycles. The minimum Gasteiger partial charge on any atom is -0.319 e. The highest BCUT2D eigenvalue weighted by Crippen LogP contribution is 2.30.